The summed E-state index contributed by atoms with van der Waals surface area (Å²) in [7, 11) is 0. The summed E-state index contributed by atoms with van der Waals surface area (Å²) in [5, 5.41) is 3.13. The Labute approximate surface area is 170 Å². The fraction of sp³-hybridized carbons (Fsp3) is 0.333. The van der Waals surface area contributed by atoms with E-state index in [0.717, 1.165) is 18.2 Å². The van der Waals surface area contributed by atoms with Crippen LogP contribution in [0.3, 0.4) is 0 Å². The van der Waals surface area contributed by atoms with Crippen LogP contribution in [-0.2, 0) is 13.0 Å². The maximum atomic E-state index is 12.5. The van der Waals surface area contributed by atoms with Crippen LogP contribution < -0.4 is 10.9 Å². The predicted molar refractivity (Wildman–Crippen MR) is 116 cm³/mol. The lowest BCUT2D eigenvalue weighted by Gasteiger charge is -2.19. The van der Waals surface area contributed by atoms with Gasteiger partial charge in [-0.15, -0.1) is 0 Å². The van der Waals surface area contributed by atoms with E-state index in [2.05, 4.69) is 55.3 Å². The van der Waals surface area contributed by atoms with Gasteiger partial charge in [0.05, 0.1) is 0 Å². The van der Waals surface area contributed by atoms with Crippen LogP contribution in [0.4, 0.5) is 0 Å². The molecule has 3 N–H and O–H groups in total. The van der Waals surface area contributed by atoms with E-state index in [1.165, 1.54) is 11.1 Å². The molecule has 4 rings (SSSR count). The molecule has 0 amide bonds. The van der Waals surface area contributed by atoms with Crippen molar-refractivity contribution in [1.29, 1.82) is 0 Å². The number of fused-ring (bicyclic) bond motifs is 3. The monoisotopic (exact) mass is 390 g/mol. The second kappa shape index (κ2) is 8.21. The summed E-state index contributed by atoms with van der Waals surface area (Å²) in [5.74, 6) is 1.12. The van der Waals surface area contributed by atoms with Gasteiger partial charge in [0.2, 0.25) is 5.58 Å². The van der Waals surface area contributed by atoms with Crippen LogP contribution in [0, 0.1) is 5.92 Å². The van der Waals surface area contributed by atoms with Crippen molar-refractivity contribution in [3.8, 4) is 0 Å². The van der Waals surface area contributed by atoms with E-state index in [4.69, 9.17) is 9.40 Å². The normalized spacial score (nSPS) is 12.8. The lowest BCUT2D eigenvalue weighted by atomic mass is 9.94. The van der Waals surface area contributed by atoms with Gasteiger partial charge in [-0.05, 0) is 24.1 Å². The Kier molecular flexibility index (Phi) is 5.49. The van der Waals surface area contributed by atoms with Crippen molar-refractivity contribution in [1.82, 2.24) is 9.97 Å². The predicted octanol–water partition coefficient (Wildman–Crippen LogP) is 4.08. The standard InChI is InChI=1S/C24H27N3O2/c1-4-7-16-10-12-17(13-11-16)21(15(2)3)25-14-20-26-22-18-8-5-6-9-19(18)29-23(22)24(28)27-20/h5-6,8-13,15,21,25H,4,7,14H2,1-3H3,(H,26,27,28)/p+1/t21-/m0/s1. The molecular weight excluding hydrogens is 362 g/mol. The number of aryl methyl sites for hydroxylation is 1. The average molecular weight is 391 g/mol. The van der Waals surface area contributed by atoms with E-state index in [0.29, 0.717) is 41.0 Å². The number of quaternary nitrogens is 1. The number of benzene rings is 2. The Morgan fingerprint density at radius 2 is 1.86 bits per heavy atom. The number of hydrogen-bond acceptors (Lipinski definition) is 3. The van der Waals surface area contributed by atoms with Crippen molar-refractivity contribution < 1.29 is 9.73 Å². The van der Waals surface area contributed by atoms with Crippen molar-refractivity contribution in [3.05, 3.63) is 75.8 Å². The largest absolute Gasteiger partial charge is 0.449 e. The lowest BCUT2D eigenvalue weighted by molar-refractivity contribution is -0.718. The van der Waals surface area contributed by atoms with Crippen molar-refractivity contribution in [2.75, 3.05) is 0 Å². The molecule has 150 valence electrons. The van der Waals surface area contributed by atoms with Crippen LogP contribution in [0.1, 0.15) is 50.2 Å². The third-order valence-electron chi connectivity index (χ3n) is 5.47. The molecule has 2 aromatic heterocycles. The zero-order valence-electron chi connectivity index (χ0n) is 17.2. The van der Waals surface area contributed by atoms with Crippen LogP contribution in [0.15, 0.2) is 57.7 Å². The summed E-state index contributed by atoms with van der Waals surface area (Å²) >= 11 is 0. The highest BCUT2D eigenvalue weighted by atomic mass is 16.3. The zero-order valence-corrected chi connectivity index (χ0v) is 17.2. The summed E-state index contributed by atoms with van der Waals surface area (Å²) in [6, 6.07) is 16.8. The molecule has 0 spiro atoms. The quantitative estimate of drug-likeness (QED) is 0.499. The number of aromatic amines is 1. The molecule has 2 aromatic carbocycles. The first-order valence-corrected chi connectivity index (χ1v) is 10.4. The average Bonchev–Trinajstić information content (AvgIpc) is 3.09. The first kappa shape index (κ1) is 19.4. The number of nitrogens with zero attached hydrogens (tertiary/aromatic N) is 1. The first-order chi connectivity index (χ1) is 14.1. The molecule has 0 unspecified atom stereocenters. The smallest absolute Gasteiger partial charge is 0.294 e. The fourth-order valence-corrected chi connectivity index (χ4v) is 3.97. The molecule has 0 aliphatic carbocycles. The van der Waals surface area contributed by atoms with Crippen molar-refractivity contribution in [2.45, 2.75) is 46.2 Å². The Balaban J connectivity index is 1.59. The molecule has 5 heteroatoms. The lowest BCUT2D eigenvalue weighted by Crippen LogP contribution is -2.85. The molecular formula is C24H28N3O2+. The summed E-state index contributed by atoms with van der Waals surface area (Å²) in [6.07, 6.45) is 2.27. The maximum absolute atomic E-state index is 12.5. The molecule has 2 heterocycles. The van der Waals surface area contributed by atoms with Crippen molar-refractivity contribution >= 4 is 22.1 Å². The van der Waals surface area contributed by atoms with E-state index in [1.54, 1.807) is 0 Å². The Bertz CT molecular complexity index is 1170. The molecule has 0 aliphatic rings. The molecule has 29 heavy (non-hydrogen) atoms. The first-order valence-electron chi connectivity index (χ1n) is 10.4. The van der Waals surface area contributed by atoms with Crippen LogP contribution in [0.5, 0.6) is 0 Å². The van der Waals surface area contributed by atoms with Gasteiger partial charge in [-0.2, -0.15) is 0 Å². The van der Waals surface area contributed by atoms with E-state index in [-0.39, 0.29) is 5.56 Å². The summed E-state index contributed by atoms with van der Waals surface area (Å²) in [6.45, 7) is 7.25. The number of nitrogens with one attached hydrogen (secondary N) is 1. The summed E-state index contributed by atoms with van der Waals surface area (Å²) < 4.78 is 5.69. The zero-order chi connectivity index (χ0) is 20.4. The van der Waals surface area contributed by atoms with E-state index in [9.17, 15) is 4.79 Å². The topological polar surface area (TPSA) is 75.5 Å². The maximum Gasteiger partial charge on any atom is 0.294 e. The van der Waals surface area contributed by atoms with E-state index in [1.807, 2.05) is 24.3 Å². The number of hydrogen-bond donors (Lipinski definition) is 2. The van der Waals surface area contributed by atoms with Gasteiger partial charge in [-0.3, -0.25) is 4.79 Å². The van der Waals surface area contributed by atoms with Gasteiger partial charge in [-0.25, -0.2) is 4.98 Å². The molecule has 0 saturated carbocycles. The van der Waals surface area contributed by atoms with Crippen LogP contribution >= 0.6 is 0 Å². The molecule has 0 radical (unpaired) electrons. The molecule has 0 fully saturated rings. The minimum absolute atomic E-state index is 0.223. The highest BCUT2D eigenvalue weighted by Crippen LogP contribution is 2.24. The van der Waals surface area contributed by atoms with Gasteiger partial charge in [-0.1, -0.05) is 63.6 Å². The molecule has 0 saturated heterocycles. The fourth-order valence-electron chi connectivity index (χ4n) is 3.97. The van der Waals surface area contributed by atoms with Crippen molar-refractivity contribution in [2.24, 2.45) is 5.92 Å². The highest BCUT2D eigenvalue weighted by Gasteiger charge is 2.20. The van der Waals surface area contributed by atoms with Crippen LogP contribution in [-0.4, -0.2) is 9.97 Å². The number of nitrogens with two attached hydrogens (primary N) is 1. The number of rotatable bonds is 7. The number of aromatic nitrogens is 2. The molecule has 5 nitrogen and oxygen atoms in total. The van der Waals surface area contributed by atoms with Gasteiger partial charge in [0.15, 0.2) is 5.82 Å². The minimum Gasteiger partial charge on any atom is -0.449 e. The molecule has 4 aromatic rings. The van der Waals surface area contributed by atoms with Gasteiger partial charge < -0.3 is 14.7 Å². The van der Waals surface area contributed by atoms with Crippen molar-refractivity contribution in [3.63, 3.8) is 0 Å². The SMILES string of the molecule is CCCc1ccc([C@@H]([NH2+]Cc2nc3c(oc4ccccc43)c(=O)[nH]2)C(C)C)cc1. The van der Waals surface area contributed by atoms with Crippen LogP contribution in [0.2, 0.25) is 0 Å². The second-order valence-electron chi connectivity index (χ2n) is 7.99. The third-order valence-corrected chi connectivity index (χ3v) is 5.47. The third kappa shape index (κ3) is 3.96. The minimum atomic E-state index is -0.223. The Morgan fingerprint density at radius 1 is 1.10 bits per heavy atom. The summed E-state index contributed by atoms with van der Waals surface area (Å²) in [4.78, 5) is 20.1. The molecule has 1 atom stereocenters. The van der Waals surface area contributed by atoms with Gasteiger partial charge in [0, 0.05) is 16.9 Å². The van der Waals surface area contributed by atoms with Gasteiger partial charge >= 0.3 is 0 Å². The number of para-hydroxylation sites is 1. The summed E-state index contributed by atoms with van der Waals surface area (Å²) in [5.41, 5.74) is 4.08. The highest BCUT2D eigenvalue weighted by molar-refractivity contribution is 6.01. The van der Waals surface area contributed by atoms with Crippen LogP contribution in [0.25, 0.3) is 22.1 Å². The number of furan rings is 1. The van der Waals surface area contributed by atoms with Gasteiger partial charge in [0.25, 0.3) is 5.56 Å². The van der Waals surface area contributed by atoms with E-state index < -0.39 is 0 Å². The Hall–Kier alpha value is -2.92. The molecule has 0 aliphatic heterocycles. The van der Waals surface area contributed by atoms with Gasteiger partial charge in [0.1, 0.15) is 23.7 Å². The number of H-pyrrole nitrogens is 1. The second-order valence-corrected chi connectivity index (χ2v) is 7.99. The molecule has 0 bridgehead atoms. The van der Waals surface area contributed by atoms with E-state index >= 15 is 0 Å². The Morgan fingerprint density at radius 3 is 2.59 bits per heavy atom.